The molecule has 3 aromatic heterocycles. The summed E-state index contributed by atoms with van der Waals surface area (Å²) in [4.78, 5) is 29.7. The van der Waals surface area contributed by atoms with E-state index in [9.17, 15) is 22.8 Å². The number of rotatable bonds is 12. The Bertz CT molecular complexity index is 1560. The van der Waals surface area contributed by atoms with Gasteiger partial charge in [0.1, 0.15) is 22.7 Å². The van der Waals surface area contributed by atoms with Gasteiger partial charge in [0.15, 0.2) is 11.6 Å². The van der Waals surface area contributed by atoms with Crippen LogP contribution < -0.4 is 9.47 Å². The average molecular weight is 583 g/mol. The number of ether oxygens (including phenoxy) is 2. The summed E-state index contributed by atoms with van der Waals surface area (Å²) in [6, 6.07) is 6.99. The standard InChI is InChI=1S/C31H33F3N4O4/c1-41-27-13-22(14-28(42-2)30(27)26(40)9-11-31(32,33)34)25-17-35-29-15-21(10-12-38(25)29)23-16-36-37(18-23)19-24(39)8-7-20-5-3-4-6-20/h10,12-18,20H,3-9,11,19H2,1-2H3. The molecule has 42 heavy (non-hydrogen) atoms. The summed E-state index contributed by atoms with van der Waals surface area (Å²) in [6.45, 7) is 0.251. The van der Waals surface area contributed by atoms with Crippen LogP contribution >= 0.6 is 0 Å². The zero-order chi connectivity index (χ0) is 29.9. The highest BCUT2D eigenvalue weighted by atomic mass is 19.4. The Morgan fingerprint density at radius 2 is 1.69 bits per heavy atom. The molecule has 1 aliphatic rings. The predicted molar refractivity (Wildman–Crippen MR) is 151 cm³/mol. The highest BCUT2D eigenvalue weighted by Crippen LogP contribution is 2.37. The number of nitrogens with zero attached hydrogens (tertiary/aromatic N) is 4. The van der Waals surface area contributed by atoms with Gasteiger partial charge in [-0.3, -0.25) is 18.7 Å². The van der Waals surface area contributed by atoms with Gasteiger partial charge >= 0.3 is 6.18 Å². The van der Waals surface area contributed by atoms with Crippen LogP contribution in [0.4, 0.5) is 13.2 Å². The lowest BCUT2D eigenvalue weighted by atomic mass is 10.0. The topological polar surface area (TPSA) is 87.7 Å². The highest BCUT2D eigenvalue weighted by molar-refractivity contribution is 6.02. The fraction of sp³-hybridized carbons (Fsp3) is 0.419. The number of hydrogen-bond acceptors (Lipinski definition) is 6. The molecule has 0 aliphatic heterocycles. The van der Waals surface area contributed by atoms with E-state index in [1.165, 1.54) is 39.9 Å². The van der Waals surface area contributed by atoms with E-state index in [4.69, 9.17) is 9.47 Å². The lowest BCUT2D eigenvalue weighted by Crippen LogP contribution is -2.12. The summed E-state index contributed by atoms with van der Waals surface area (Å²) in [7, 11) is 2.70. The van der Waals surface area contributed by atoms with Crippen LogP contribution in [0.5, 0.6) is 11.5 Å². The number of aromatic nitrogens is 4. The van der Waals surface area contributed by atoms with Gasteiger partial charge in [-0.2, -0.15) is 18.3 Å². The molecule has 0 N–H and O–H groups in total. The van der Waals surface area contributed by atoms with Crippen molar-refractivity contribution in [2.45, 2.75) is 64.1 Å². The number of Topliss-reactive ketones (excluding diaryl/α,β-unsaturated/α-hetero) is 2. The lowest BCUT2D eigenvalue weighted by Gasteiger charge is -2.15. The van der Waals surface area contributed by atoms with E-state index in [2.05, 4.69) is 10.1 Å². The predicted octanol–water partition coefficient (Wildman–Crippen LogP) is 6.95. The molecule has 0 amide bonds. The lowest BCUT2D eigenvalue weighted by molar-refractivity contribution is -0.133. The Labute approximate surface area is 241 Å². The van der Waals surface area contributed by atoms with E-state index >= 15 is 0 Å². The number of benzene rings is 1. The van der Waals surface area contributed by atoms with Gasteiger partial charge < -0.3 is 9.47 Å². The van der Waals surface area contributed by atoms with E-state index in [-0.39, 0.29) is 29.4 Å². The molecule has 0 atom stereocenters. The number of carbonyl (C=O) groups is 2. The van der Waals surface area contributed by atoms with Crippen molar-refractivity contribution >= 4 is 17.2 Å². The summed E-state index contributed by atoms with van der Waals surface area (Å²) in [6.07, 6.45) is 7.24. The van der Waals surface area contributed by atoms with Crippen molar-refractivity contribution in [2.24, 2.45) is 5.92 Å². The molecule has 1 saturated carbocycles. The third kappa shape index (κ3) is 6.66. The van der Waals surface area contributed by atoms with Crippen molar-refractivity contribution in [1.29, 1.82) is 0 Å². The van der Waals surface area contributed by atoms with E-state index in [1.54, 1.807) is 29.2 Å². The van der Waals surface area contributed by atoms with Crippen LogP contribution in [-0.2, 0) is 11.3 Å². The maximum absolute atomic E-state index is 12.7. The Morgan fingerprint density at radius 3 is 2.36 bits per heavy atom. The number of halogens is 3. The molecule has 0 bridgehead atoms. The van der Waals surface area contributed by atoms with E-state index in [0.717, 1.165) is 17.5 Å². The number of carbonyl (C=O) groups excluding carboxylic acids is 2. The molecule has 11 heteroatoms. The molecule has 1 fully saturated rings. The number of imidazole rings is 1. The van der Waals surface area contributed by atoms with Crippen molar-refractivity contribution in [3.63, 3.8) is 0 Å². The van der Waals surface area contributed by atoms with Gasteiger partial charge in [-0.05, 0) is 42.2 Å². The fourth-order valence-corrected chi connectivity index (χ4v) is 5.61. The summed E-state index contributed by atoms with van der Waals surface area (Å²) in [5, 5.41) is 4.38. The maximum atomic E-state index is 12.7. The molecule has 1 aliphatic carbocycles. The van der Waals surface area contributed by atoms with Gasteiger partial charge in [0.25, 0.3) is 0 Å². The molecular weight excluding hydrogens is 549 g/mol. The first-order valence-corrected chi connectivity index (χ1v) is 14.0. The molecule has 0 radical (unpaired) electrons. The van der Waals surface area contributed by atoms with Crippen molar-refractivity contribution in [3.05, 3.63) is 54.6 Å². The Morgan fingerprint density at radius 1 is 0.976 bits per heavy atom. The monoisotopic (exact) mass is 582 g/mol. The van der Waals surface area contributed by atoms with E-state index in [0.29, 0.717) is 29.2 Å². The van der Waals surface area contributed by atoms with Gasteiger partial charge in [-0.15, -0.1) is 0 Å². The first kappa shape index (κ1) is 29.3. The number of ketones is 2. The minimum absolute atomic E-state index is 0.0295. The summed E-state index contributed by atoms with van der Waals surface area (Å²) in [5.41, 5.74) is 3.64. The number of hydrogen-bond donors (Lipinski definition) is 0. The number of alkyl halides is 3. The van der Waals surface area contributed by atoms with Crippen molar-refractivity contribution < 1.29 is 32.2 Å². The molecule has 0 spiro atoms. The number of methoxy groups -OCH3 is 2. The van der Waals surface area contributed by atoms with Crippen LogP contribution in [-0.4, -0.2) is 51.1 Å². The third-order valence-corrected chi connectivity index (χ3v) is 7.84. The summed E-state index contributed by atoms with van der Waals surface area (Å²) < 4.78 is 52.5. The molecule has 0 unspecified atom stereocenters. The van der Waals surface area contributed by atoms with Gasteiger partial charge in [-0.1, -0.05) is 25.7 Å². The molecule has 222 valence electrons. The Kier molecular flexibility index (Phi) is 8.65. The van der Waals surface area contributed by atoms with Gasteiger partial charge in [0.2, 0.25) is 0 Å². The van der Waals surface area contributed by atoms with Gasteiger partial charge in [0.05, 0.1) is 45.3 Å². The molecule has 8 nitrogen and oxygen atoms in total. The second-order valence-electron chi connectivity index (χ2n) is 10.7. The van der Waals surface area contributed by atoms with Crippen LogP contribution in [0.15, 0.2) is 49.1 Å². The van der Waals surface area contributed by atoms with Crippen LogP contribution in [0.1, 0.15) is 61.7 Å². The molecule has 5 rings (SSSR count). The van der Waals surface area contributed by atoms with Crippen LogP contribution in [0.25, 0.3) is 28.0 Å². The third-order valence-electron chi connectivity index (χ3n) is 7.84. The van der Waals surface area contributed by atoms with Gasteiger partial charge in [0, 0.05) is 36.4 Å². The average Bonchev–Trinajstić information content (AvgIpc) is 3.74. The molecular formula is C31H33F3N4O4. The Hall–Kier alpha value is -4.15. The maximum Gasteiger partial charge on any atom is 0.389 e. The first-order valence-electron chi connectivity index (χ1n) is 14.0. The largest absolute Gasteiger partial charge is 0.496 e. The van der Waals surface area contributed by atoms with Crippen molar-refractivity contribution in [2.75, 3.05) is 14.2 Å². The van der Waals surface area contributed by atoms with Crippen molar-refractivity contribution in [1.82, 2.24) is 19.2 Å². The molecule has 4 aromatic rings. The molecule has 0 saturated heterocycles. The second-order valence-corrected chi connectivity index (χ2v) is 10.7. The smallest absolute Gasteiger partial charge is 0.389 e. The minimum atomic E-state index is -4.45. The zero-order valence-corrected chi connectivity index (χ0v) is 23.6. The number of pyridine rings is 1. The summed E-state index contributed by atoms with van der Waals surface area (Å²) in [5.74, 6) is 0.385. The minimum Gasteiger partial charge on any atom is -0.496 e. The first-order chi connectivity index (χ1) is 20.1. The van der Waals surface area contributed by atoms with E-state index < -0.39 is 24.8 Å². The highest BCUT2D eigenvalue weighted by Gasteiger charge is 2.30. The number of fused-ring (bicyclic) bond motifs is 1. The zero-order valence-electron chi connectivity index (χ0n) is 23.6. The molecule has 3 heterocycles. The molecule has 1 aromatic carbocycles. The van der Waals surface area contributed by atoms with Crippen LogP contribution in [0.2, 0.25) is 0 Å². The second kappa shape index (κ2) is 12.4. The van der Waals surface area contributed by atoms with Crippen LogP contribution in [0, 0.1) is 5.92 Å². The Balaban J connectivity index is 1.34. The quantitative estimate of drug-likeness (QED) is 0.168. The fourth-order valence-electron chi connectivity index (χ4n) is 5.61. The summed E-state index contributed by atoms with van der Waals surface area (Å²) >= 11 is 0. The van der Waals surface area contributed by atoms with Gasteiger partial charge in [-0.25, -0.2) is 4.98 Å². The van der Waals surface area contributed by atoms with Crippen molar-refractivity contribution in [3.8, 4) is 33.9 Å². The SMILES string of the molecule is COc1cc(-c2cnc3cc(-c4cnn(CC(=O)CCC5CCCC5)c4)ccn23)cc(OC)c1C(=O)CCC(F)(F)F. The normalized spacial score (nSPS) is 14.0. The van der Waals surface area contributed by atoms with E-state index in [1.807, 2.05) is 28.9 Å². The van der Waals surface area contributed by atoms with Crippen LogP contribution in [0.3, 0.4) is 0 Å².